The Morgan fingerprint density at radius 3 is 2.46 bits per heavy atom. The molecule has 0 aromatic rings. The van der Waals surface area contributed by atoms with Crippen molar-refractivity contribution < 1.29 is 8.42 Å². The van der Waals surface area contributed by atoms with E-state index in [1.165, 1.54) is 0 Å². The molecule has 2 aliphatic rings. The van der Waals surface area contributed by atoms with Crippen LogP contribution < -0.4 is 5.73 Å². The van der Waals surface area contributed by atoms with Gasteiger partial charge in [-0.05, 0) is 25.7 Å². The monoisotopic (exact) mass is 204 g/mol. The minimum absolute atomic E-state index is 0.0438. The van der Waals surface area contributed by atoms with Crippen LogP contribution in [0.1, 0.15) is 25.7 Å². The number of nitrogens with zero attached hydrogens (tertiary/aromatic N) is 1. The Morgan fingerprint density at radius 2 is 1.92 bits per heavy atom. The fourth-order valence-electron chi connectivity index (χ4n) is 1.78. The summed E-state index contributed by atoms with van der Waals surface area (Å²) in [6.07, 6.45) is 3.55. The number of rotatable bonds is 2. The van der Waals surface area contributed by atoms with E-state index in [1.807, 2.05) is 0 Å². The molecule has 2 rings (SSSR count). The van der Waals surface area contributed by atoms with E-state index < -0.39 is 10.0 Å². The Labute approximate surface area is 79.1 Å². The van der Waals surface area contributed by atoms with Gasteiger partial charge < -0.3 is 5.73 Å². The van der Waals surface area contributed by atoms with Crippen molar-refractivity contribution in [3.63, 3.8) is 0 Å². The van der Waals surface area contributed by atoms with Crippen molar-refractivity contribution in [3.8, 4) is 0 Å². The summed E-state index contributed by atoms with van der Waals surface area (Å²) in [6.45, 7) is 1.20. The third-order valence-electron chi connectivity index (χ3n) is 2.73. The number of hydrogen-bond acceptors (Lipinski definition) is 3. The summed E-state index contributed by atoms with van der Waals surface area (Å²) in [4.78, 5) is 0. The first-order valence-corrected chi connectivity index (χ1v) is 6.35. The van der Waals surface area contributed by atoms with E-state index in [9.17, 15) is 8.42 Å². The van der Waals surface area contributed by atoms with Crippen molar-refractivity contribution in [3.05, 3.63) is 0 Å². The minimum Gasteiger partial charge on any atom is -0.327 e. The van der Waals surface area contributed by atoms with E-state index in [0.29, 0.717) is 13.1 Å². The zero-order valence-corrected chi connectivity index (χ0v) is 8.46. The second-order valence-corrected chi connectivity index (χ2v) is 6.22. The van der Waals surface area contributed by atoms with Gasteiger partial charge in [0.2, 0.25) is 10.0 Å². The third kappa shape index (κ3) is 1.87. The highest BCUT2D eigenvalue weighted by Gasteiger charge is 2.41. The van der Waals surface area contributed by atoms with E-state index in [0.717, 1.165) is 25.7 Å². The first-order valence-electron chi connectivity index (χ1n) is 4.85. The topological polar surface area (TPSA) is 63.4 Å². The van der Waals surface area contributed by atoms with Crippen LogP contribution in [0.25, 0.3) is 0 Å². The van der Waals surface area contributed by atoms with Crippen LogP contribution in [0, 0.1) is 0 Å². The second-order valence-electron chi connectivity index (χ2n) is 4.00. The summed E-state index contributed by atoms with van der Waals surface area (Å²) in [7, 11) is -2.97. The summed E-state index contributed by atoms with van der Waals surface area (Å²) in [5.74, 6) is 0. The van der Waals surface area contributed by atoms with E-state index in [1.54, 1.807) is 4.31 Å². The minimum atomic E-state index is -2.97. The first-order chi connectivity index (χ1) is 6.10. The molecular formula is C8H16N2O2S. The molecule has 5 heteroatoms. The molecule has 0 spiro atoms. The normalized spacial score (nSPS) is 31.9. The molecule has 0 aromatic heterocycles. The molecule has 1 heterocycles. The molecule has 1 saturated heterocycles. The highest BCUT2D eigenvalue weighted by Crippen LogP contribution is 2.32. The average Bonchev–Trinajstić information content (AvgIpc) is 2.86. The van der Waals surface area contributed by atoms with Crippen LogP contribution in [0.15, 0.2) is 0 Å². The fourth-order valence-corrected chi connectivity index (χ4v) is 3.72. The van der Waals surface area contributed by atoms with Gasteiger partial charge in [0.1, 0.15) is 0 Å². The van der Waals surface area contributed by atoms with Crippen molar-refractivity contribution in [2.45, 2.75) is 37.0 Å². The maximum atomic E-state index is 11.8. The number of sulfonamides is 1. The van der Waals surface area contributed by atoms with Crippen molar-refractivity contribution in [1.29, 1.82) is 0 Å². The van der Waals surface area contributed by atoms with Gasteiger partial charge in [-0.15, -0.1) is 0 Å². The van der Waals surface area contributed by atoms with Crippen molar-refractivity contribution in [2.75, 3.05) is 13.1 Å². The molecule has 0 aromatic carbocycles. The van der Waals surface area contributed by atoms with Crippen LogP contribution in [-0.2, 0) is 10.0 Å². The Balaban J connectivity index is 2.06. The van der Waals surface area contributed by atoms with Gasteiger partial charge in [0, 0.05) is 19.1 Å². The van der Waals surface area contributed by atoms with Crippen LogP contribution in [-0.4, -0.2) is 37.1 Å². The summed E-state index contributed by atoms with van der Waals surface area (Å²) in [5, 5.41) is -0.0854. The zero-order valence-electron chi connectivity index (χ0n) is 7.65. The van der Waals surface area contributed by atoms with E-state index >= 15 is 0 Å². The Hall–Kier alpha value is -0.130. The quantitative estimate of drug-likeness (QED) is 0.683. The third-order valence-corrected chi connectivity index (χ3v) is 5.09. The Morgan fingerprint density at radius 1 is 1.23 bits per heavy atom. The molecule has 76 valence electrons. The van der Waals surface area contributed by atoms with E-state index in [-0.39, 0.29) is 11.3 Å². The van der Waals surface area contributed by atoms with Crippen molar-refractivity contribution in [1.82, 2.24) is 4.31 Å². The number of piperidine rings is 1. The van der Waals surface area contributed by atoms with Gasteiger partial charge in [0.25, 0.3) is 0 Å². The van der Waals surface area contributed by atoms with Crippen LogP contribution in [0.2, 0.25) is 0 Å². The SMILES string of the molecule is N[C@H]1CCCN(S(=O)(=O)C2CC2)C1. The lowest BCUT2D eigenvalue weighted by atomic mass is 10.1. The molecule has 2 fully saturated rings. The highest BCUT2D eigenvalue weighted by atomic mass is 32.2. The van der Waals surface area contributed by atoms with Crippen molar-refractivity contribution >= 4 is 10.0 Å². The van der Waals surface area contributed by atoms with E-state index in [4.69, 9.17) is 5.73 Å². The molecule has 4 nitrogen and oxygen atoms in total. The maximum absolute atomic E-state index is 11.8. The van der Waals surface area contributed by atoms with Gasteiger partial charge in [0.15, 0.2) is 0 Å². The van der Waals surface area contributed by atoms with E-state index in [2.05, 4.69) is 0 Å². The van der Waals surface area contributed by atoms with Gasteiger partial charge in [0.05, 0.1) is 5.25 Å². The predicted octanol–water partition coefficient (Wildman–Crippen LogP) is -0.0983. The Bertz CT molecular complexity index is 285. The van der Waals surface area contributed by atoms with Gasteiger partial charge in [-0.25, -0.2) is 12.7 Å². The number of nitrogens with two attached hydrogens (primary N) is 1. The molecule has 1 atom stereocenters. The lowest BCUT2D eigenvalue weighted by Crippen LogP contribution is -2.46. The fraction of sp³-hybridized carbons (Fsp3) is 1.00. The Kier molecular flexibility index (Phi) is 2.33. The lowest BCUT2D eigenvalue weighted by molar-refractivity contribution is 0.315. The molecule has 1 aliphatic heterocycles. The smallest absolute Gasteiger partial charge is 0.217 e. The number of hydrogen-bond donors (Lipinski definition) is 1. The van der Waals surface area contributed by atoms with Crippen molar-refractivity contribution in [2.24, 2.45) is 5.73 Å². The molecule has 0 unspecified atom stereocenters. The highest BCUT2D eigenvalue weighted by molar-refractivity contribution is 7.90. The lowest BCUT2D eigenvalue weighted by Gasteiger charge is -2.29. The van der Waals surface area contributed by atoms with Crippen LogP contribution in [0.4, 0.5) is 0 Å². The van der Waals surface area contributed by atoms with Crippen LogP contribution in [0.3, 0.4) is 0 Å². The average molecular weight is 204 g/mol. The summed E-state index contributed by atoms with van der Waals surface area (Å²) in [5.41, 5.74) is 5.74. The van der Waals surface area contributed by atoms with Crippen LogP contribution >= 0.6 is 0 Å². The zero-order chi connectivity index (χ0) is 9.47. The molecule has 0 radical (unpaired) electrons. The first kappa shape index (κ1) is 9.43. The summed E-state index contributed by atoms with van der Waals surface area (Å²) < 4.78 is 25.1. The molecule has 0 bridgehead atoms. The van der Waals surface area contributed by atoms with Gasteiger partial charge in [-0.1, -0.05) is 0 Å². The van der Waals surface area contributed by atoms with Crippen LogP contribution in [0.5, 0.6) is 0 Å². The summed E-state index contributed by atoms with van der Waals surface area (Å²) in [6, 6.07) is 0.0438. The molecule has 2 N–H and O–H groups in total. The molecule has 13 heavy (non-hydrogen) atoms. The standard InChI is InChI=1S/C8H16N2O2S/c9-7-2-1-5-10(6-7)13(11,12)8-3-4-8/h7-8H,1-6,9H2/t7-/m0/s1. The van der Waals surface area contributed by atoms with Gasteiger partial charge in [-0.2, -0.15) is 0 Å². The maximum Gasteiger partial charge on any atom is 0.217 e. The predicted molar refractivity (Wildman–Crippen MR) is 50.7 cm³/mol. The molecule has 1 aliphatic carbocycles. The second kappa shape index (κ2) is 3.22. The van der Waals surface area contributed by atoms with Gasteiger partial charge >= 0.3 is 0 Å². The molecular weight excluding hydrogens is 188 g/mol. The summed E-state index contributed by atoms with van der Waals surface area (Å²) >= 11 is 0. The molecule has 0 amide bonds. The largest absolute Gasteiger partial charge is 0.327 e. The molecule has 1 saturated carbocycles. The van der Waals surface area contributed by atoms with Gasteiger partial charge in [-0.3, -0.25) is 0 Å².